The van der Waals surface area contributed by atoms with Crippen LogP contribution in [0.25, 0.3) is 0 Å². The summed E-state index contributed by atoms with van der Waals surface area (Å²) < 4.78 is 0. The normalized spacial score (nSPS) is 1.25. The fourth-order valence-electron chi connectivity index (χ4n) is 0. The third kappa shape index (κ3) is 8.85. The van der Waals surface area contributed by atoms with Crippen LogP contribution in [0.4, 0.5) is 0 Å². The molecule has 4 heteroatoms. The van der Waals surface area contributed by atoms with Gasteiger partial charge in [-0.25, -0.2) is 0 Å². The van der Waals surface area contributed by atoms with Gasteiger partial charge < -0.3 is 0 Å². The van der Waals surface area contributed by atoms with Crippen LogP contribution in [-0.4, -0.2) is 0 Å². The van der Waals surface area contributed by atoms with E-state index in [1.807, 2.05) is 0 Å². The third-order valence-electron chi connectivity index (χ3n) is 0. The van der Waals surface area contributed by atoms with Crippen molar-refractivity contribution in [2.75, 3.05) is 0 Å². The molecule has 0 N–H and O–H groups in total. The minimum absolute atomic E-state index is 0. The zero-order chi connectivity index (χ0) is 2.00. The molecule has 1 radical (unpaired) electrons. The molecule has 0 aliphatic heterocycles. The van der Waals surface area contributed by atoms with Crippen LogP contribution >= 0.6 is 0 Å². The third-order valence-corrected chi connectivity index (χ3v) is 0. The predicted octanol–water partition coefficient (Wildman–Crippen LogP) is -0.0100. The van der Waals surface area contributed by atoms with E-state index in [2.05, 4.69) is 14.8 Å². The van der Waals surface area contributed by atoms with E-state index in [4.69, 9.17) is 0 Å². The molecule has 0 saturated heterocycles. The van der Waals surface area contributed by atoms with E-state index in [1.165, 1.54) is 0 Å². The molecule has 0 saturated carbocycles. The van der Waals surface area contributed by atoms with Gasteiger partial charge in [0.15, 0.2) is 0 Å². The van der Waals surface area contributed by atoms with Gasteiger partial charge in [0.05, 0.1) is 0 Å². The molecule has 0 aromatic carbocycles. The molecule has 0 nitrogen and oxygen atoms in total. The Morgan fingerprint density at radius 2 is 1.25 bits per heavy atom. The van der Waals surface area contributed by atoms with Crippen molar-refractivity contribution < 1.29 is 76.9 Å². The predicted molar refractivity (Wildman–Crippen MR) is 0 cm³/mol. The van der Waals surface area contributed by atoms with Crippen molar-refractivity contribution in [2.45, 2.75) is 0 Å². The quantitative estimate of drug-likeness (QED) is 0.354. The summed E-state index contributed by atoms with van der Waals surface area (Å²) in [6.07, 6.45) is 0. The summed E-state index contributed by atoms with van der Waals surface area (Å²) in [7, 11) is 0. The molecule has 0 fully saturated rings. The first-order valence-electron chi connectivity index (χ1n) is 0.167. The second-order valence-corrected chi connectivity index (χ2v) is 0. The Bertz CT molecular complexity index is 8.00. The molecule has 0 aliphatic rings. The van der Waals surface area contributed by atoms with E-state index >= 15 is 0 Å². The number of hydrogen-bond acceptors (Lipinski definition) is 0. The van der Waals surface area contributed by atoms with Crippen LogP contribution in [0.2, 0.25) is 0 Å². The van der Waals surface area contributed by atoms with Gasteiger partial charge >= 0.3 is 36.4 Å². The van der Waals surface area contributed by atoms with Gasteiger partial charge in [-0.3, -0.25) is 0 Å². The average molecular weight is 581 g/mol. The summed E-state index contributed by atoms with van der Waals surface area (Å²) in [5, 5.41) is 0. The van der Waals surface area contributed by atoms with Gasteiger partial charge in [-0.1, -0.05) is 0 Å². The Kier molecular flexibility index (Phi) is 67.0. The molecular weight excluding hydrogens is 581 g/mol. The van der Waals surface area contributed by atoms with Gasteiger partial charge in [0.2, 0.25) is 0 Å². The van der Waals surface area contributed by atoms with E-state index in [1.54, 1.807) is 21.6 Å². The van der Waals surface area contributed by atoms with Gasteiger partial charge in [0.1, 0.15) is 0 Å². The molecule has 0 atom stereocenters. The molecule has 4 heavy (non-hydrogen) atoms. The molecule has 0 heterocycles. The van der Waals surface area contributed by atoms with Crippen molar-refractivity contribution in [2.24, 2.45) is 0 Å². The van der Waals surface area contributed by atoms with E-state index in [0.717, 1.165) is 0 Å². The van der Waals surface area contributed by atoms with Crippen LogP contribution in [0.1, 0.15) is 0 Å². The van der Waals surface area contributed by atoms with Gasteiger partial charge in [0.25, 0.3) is 0 Å². The molecule has 0 unspecified atom stereocenters. The summed E-state index contributed by atoms with van der Waals surface area (Å²) in [5.41, 5.74) is 0. The van der Waals surface area contributed by atoms with E-state index < -0.39 is 0 Å². The molecule has 0 amide bonds. The van der Waals surface area contributed by atoms with Crippen molar-refractivity contribution in [1.29, 1.82) is 0 Å². The molecule has 0 bridgehead atoms. The molecule has 0 rings (SSSR count). The van der Waals surface area contributed by atoms with Crippen molar-refractivity contribution in [3.8, 4) is 0 Å². The van der Waals surface area contributed by atoms with Crippen LogP contribution in [-0.2, 0) is 76.9 Å². The van der Waals surface area contributed by atoms with Crippen LogP contribution in [0.15, 0.2) is 0 Å². The van der Waals surface area contributed by atoms with E-state index in [-0.39, 0.29) is 40.5 Å². The zero-order valence-electron chi connectivity index (χ0n) is 1.48. The van der Waals surface area contributed by atoms with Crippen LogP contribution in [0.5, 0.6) is 0 Å². The van der Waals surface area contributed by atoms with Crippen LogP contribution in [0, 0.1) is 0 Å². The van der Waals surface area contributed by atoms with Gasteiger partial charge in [-0.2, -0.15) is 0 Å². The average Bonchev–Trinajstić information content (AvgIpc) is 1.00. The van der Waals surface area contributed by atoms with E-state index in [9.17, 15) is 0 Å². The monoisotopic (exact) mass is 581 g/mol. The Balaban J connectivity index is -0.00000000500. The van der Waals surface area contributed by atoms with E-state index in [0.29, 0.717) is 0 Å². The van der Waals surface area contributed by atoms with Crippen molar-refractivity contribution in [3.63, 3.8) is 0 Å². The second-order valence-electron chi connectivity index (χ2n) is 0. The maximum atomic E-state index is 2.09. The first-order valence-corrected chi connectivity index (χ1v) is 8.07. The van der Waals surface area contributed by atoms with Crippen molar-refractivity contribution in [1.82, 2.24) is 0 Å². The maximum absolute atomic E-state index is 2.09. The molecular formula is IrPtRhZr. The van der Waals surface area contributed by atoms with Crippen molar-refractivity contribution >= 4 is 0 Å². The SMILES string of the molecule is [Pt].[Rh].[Zr][Ir]. The van der Waals surface area contributed by atoms with Crippen LogP contribution in [0.3, 0.4) is 0 Å². The first kappa shape index (κ1) is 15.8. The summed E-state index contributed by atoms with van der Waals surface area (Å²) in [6, 6.07) is 0. The molecule has 0 aromatic rings. The minimum atomic E-state index is 0. The molecule has 32 valence electrons. The fraction of sp³-hybridized carbons (Fsp3) is 0. The summed E-state index contributed by atoms with van der Waals surface area (Å²) in [5.74, 6) is 0. The van der Waals surface area contributed by atoms with Gasteiger partial charge in [0, 0.05) is 40.5 Å². The molecule has 0 aromatic heterocycles. The Morgan fingerprint density at radius 3 is 1.25 bits per heavy atom. The first-order chi connectivity index (χ1) is 1.00. The molecule has 0 spiro atoms. The zero-order valence-corrected chi connectivity index (χ0v) is 10.2. The standard InChI is InChI=1S/Ir.Pt.Rh.Zr. The Labute approximate surface area is 75.4 Å². The van der Waals surface area contributed by atoms with Gasteiger partial charge in [-0.15, -0.1) is 0 Å². The summed E-state index contributed by atoms with van der Waals surface area (Å²) >= 11 is 3.64. The number of hydrogen-bond donors (Lipinski definition) is 0. The van der Waals surface area contributed by atoms with Crippen LogP contribution < -0.4 is 0 Å². The topological polar surface area (TPSA) is 0 Å². The second kappa shape index (κ2) is 17.0. The Hall–Kier alpha value is 2.84. The van der Waals surface area contributed by atoms with Crippen molar-refractivity contribution in [3.05, 3.63) is 0 Å². The fourth-order valence-corrected chi connectivity index (χ4v) is 0. The summed E-state index contributed by atoms with van der Waals surface area (Å²) in [4.78, 5) is 0. The Morgan fingerprint density at radius 1 is 1.25 bits per heavy atom. The summed E-state index contributed by atoms with van der Waals surface area (Å²) in [6.45, 7) is 0. The molecule has 0 aliphatic carbocycles. The number of rotatable bonds is 0. The van der Waals surface area contributed by atoms with Gasteiger partial charge in [-0.05, 0) is 0 Å².